The van der Waals surface area contributed by atoms with Gasteiger partial charge in [-0.15, -0.1) is 0 Å². The molecule has 0 aromatic heterocycles. The van der Waals surface area contributed by atoms with Gasteiger partial charge in [0, 0.05) is 28.9 Å². The van der Waals surface area contributed by atoms with Crippen molar-refractivity contribution >= 4 is 17.3 Å². The number of benzene rings is 1. The van der Waals surface area contributed by atoms with Crippen LogP contribution in [0.5, 0.6) is 0 Å². The van der Waals surface area contributed by atoms with Gasteiger partial charge in [-0.3, -0.25) is 4.99 Å². The highest BCUT2D eigenvalue weighted by Gasteiger charge is 2.21. The highest BCUT2D eigenvalue weighted by Crippen LogP contribution is 2.29. The molecule has 3 heteroatoms. The Labute approximate surface area is 134 Å². The predicted octanol–water partition coefficient (Wildman–Crippen LogP) is 5.18. The van der Waals surface area contributed by atoms with E-state index in [4.69, 9.17) is 22.3 Å². The lowest BCUT2D eigenvalue weighted by Crippen LogP contribution is -2.20. The molecule has 0 aliphatic rings. The summed E-state index contributed by atoms with van der Waals surface area (Å²) in [4.78, 5) is 4.78. The maximum absolute atomic E-state index is 6.19. The number of aliphatic imine (C=N–C) groups is 1. The molecule has 0 spiro atoms. The van der Waals surface area contributed by atoms with Crippen LogP contribution in [-0.2, 0) is 0 Å². The molecule has 116 valence electrons. The molecule has 0 amide bonds. The second-order valence-corrected chi connectivity index (χ2v) is 6.23. The zero-order chi connectivity index (χ0) is 16.0. The van der Waals surface area contributed by atoms with Crippen LogP contribution < -0.4 is 5.73 Å². The quantitative estimate of drug-likeness (QED) is 0.722. The lowest BCUT2D eigenvalue weighted by molar-refractivity contribution is 0.816. The molecule has 0 saturated carbocycles. The maximum Gasteiger partial charge on any atom is 0.0428 e. The molecule has 21 heavy (non-hydrogen) atoms. The van der Waals surface area contributed by atoms with Crippen molar-refractivity contribution in [3.8, 4) is 0 Å². The third-order valence-electron chi connectivity index (χ3n) is 3.56. The highest BCUT2D eigenvalue weighted by molar-refractivity contribution is 6.30. The summed E-state index contributed by atoms with van der Waals surface area (Å²) in [6.07, 6.45) is 1.04. The number of allylic oxidation sites excluding steroid dienone is 2. The van der Waals surface area contributed by atoms with E-state index in [0.717, 1.165) is 35.0 Å². The topological polar surface area (TPSA) is 38.4 Å². The average Bonchev–Trinajstić information content (AvgIpc) is 2.42. The van der Waals surface area contributed by atoms with E-state index in [1.807, 2.05) is 19.1 Å². The maximum atomic E-state index is 6.19. The fraction of sp³-hybridized carbons (Fsp3) is 0.500. The van der Waals surface area contributed by atoms with Crippen LogP contribution in [0.15, 0.2) is 40.5 Å². The average molecular weight is 307 g/mol. The Morgan fingerprint density at radius 1 is 1.19 bits per heavy atom. The monoisotopic (exact) mass is 306 g/mol. The minimum atomic E-state index is 0.213. The van der Waals surface area contributed by atoms with Crippen LogP contribution in [0.3, 0.4) is 0 Å². The SMILES string of the molecule is CCCN=C(C(=C(C)N)C(C)c1ccc(Cl)cc1)C(C)C. The van der Waals surface area contributed by atoms with Gasteiger partial charge in [-0.1, -0.05) is 51.4 Å². The summed E-state index contributed by atoms with van der Waals surface area (Å²) in [5.41, 5.74) is 10.5. The smallest absolute Gasteiger partial charge is 0.0428 e. The van der Waals surface area contributed by atoms with E-state index in [1.54, 1.807) is 0 Å². The second-order valence-electron chi connectivity index (χ2n) is 5.79. The first-order chi connectivity index (χ1) is 9.88. The number of nitrogens with two attached hydrogens (primary N) is 1. The van der Waals surface area contributed by atoms with Gasteiger partial charge in [0.15, 0.2) is 0 Å². The Morgan fingerprint density at radius 3 is 2.19 bits per heavy atom. The Hall–Kier alpha value is -1.28. The van der Waals surface area contributed by atoms with E-state index in [-0.39, 0.29) is 5.92 Å². The molecule has 0 fully saturated rings. The number of hydrogen-bond acceptors (Lipinski definition) is 2. The molecule has 0 saturated heterocycles. The van der Waals surface area contributed by atoms with Crippen molar-refractivity contribution in [2.45, 2.75) is 47.0 Å². The minimum Gasteiger partial charge on any atom is -0.402 e. The van der Waals surface area contributed by atoms with Crippen molar-refractivity contribution in [2.24, 2.45) is 16.6 Å². The largest absolute Gasteiger partial charge is 0.402 e. The molecular formula is C18H27ClN2. The molecule has 1 unspecified atom stereocenters. The van der Waals surface area contributed by atoms with Crippen molar-refractivity contribution in [2.75, 3.05) is 6.54 Å². The molecule has 0 bridgehead atoms. The van der Waals surface area contributed by atoms with Gasteiger partial charge in [0.25, 0.3) is 0 Å². The van der Waals surface area contributed by atoms with Gasteiger partial charge in [-0.2, -0.15) is 0 Å². The molecule has 1 aromatic carbocycles. The summed E-state index contributed by atoms with van der Waals surface area (Å²) >= 11 is 5.98. The van der Waals surface area contributed by atoms with E-state index in [2.05, 4.69) is 39.8 Å². The first kappa shape index (κ1) is 17.8. The zero-order valence-electron chi connectivity index (χ0n) is 13.8. The predicted molar refractivity (Wildman–Crippen MR) is 94.2 cm³/mol. The van der Waals surface area contributed by atoms with Crippen LogP contribution in [0, 0.1) is 5.92 Å². The van der Waals surface area contributed by atoms with E-state index >= 15 is 0 Å². The summed E-state index contributed by atoms with van der Waals surface area (Å²) in [5.74, 6) is 0.574. The number of nitrogens with zero attached hydrogens (tertiary/aromatic N) is 1. The van der Waals surface area contributed by atoms with Gasteiger partial charge in [-0.25, -0.2) is 0 Å². The number of rotatable bonds is 6. The van der Waals surface area contributed by atoms with Crippen LogP contribution in [-0.4, -0.2) is 12.3 Å². The van der Waals surface area contributed by atoms with Crippen LogP contribution in [0.1, 0.15) is 52.5 Å². The molecule has 1 aromatic rings. The van der Waals surface area contributed by atoms with E-state index in [1.165, 1.54) is 5.56 Å². The first-order valence-corrected chi connectivity index (χ1v) is 8.02. The zero-order valence-corrected chi connectivity index (χ0v) is 14.5. The van der Waals surface area contributed by atoms with Crippen LogP contribution in [0.4, 0.5) is 0 Å². The number of hydrogen-bond donors (Lipinski definition) is 1. The molecule has 2 N–H and O–H groups in total. The van der Waals surface area contributed by atoms with Crippen LogP contribution in [0.25, 0.3) is 0 Å². The van der Waals surface area contributed by atoms with Gasteiger partial charge >= 0.3 is 0 Å². The normalized spacial score (nSPS) is 15.1. The van der Waals surface area contributed by atoms with Crippen molar-refractivity contribution in [1.29, 1.82) is 0 Å². The summed E-state index contributed by atoms with van der Waals surface area (Å²) in [7, 11) is 0. The minimum absolute atomic E-state index is 0.213. The van der Waals surface area contributed by atoms with Gasteiger partial charge in [-0.05, 0) is 42.5 Å². The van der Waals surface area contributed by atoms with Crippen molar-refractivity contribution in [1.82, 2.24) is 0 Å². The van der Waals surface area contributed by atoms with Crippen molar-refractivity contribution in [3.63, 3.8) is 0 Å². The van der Waals surface area contributed by atoms with Gasteiger partial charge in [0.1, 0.15) is 0 Å². The summed E-state index contributed by atoms with van der Waals surface area (Å²) in [5, 5.41) is 0.754. The molecule has 1 rings (SSSR count). The van der Waals surface area contributed by atoms with Crippen LogP contribution in [0.2, 0.25) is 5.02 Å². The van der Waals surface area contributed by atoms with Crippen molar-refractivity contribution in [3.05, 3.63) is 46.1 Å². The Morgan fingerprint density at radius 2 is 1.76 bits per heavy atom. The fourth-order valence-electron chi connectivity index (χ4n) is 2.49. The molecule has 2 nitrogen and oxygen atoms in total. The third-order valence-corrected chi connectivity index (χ3v) is 3.81. The standard InChI is InChI=1S/C18H27ClN2/c1-6-11-21-18(12(2)3)17(14(5)20)13(4)15-7-9-16(19)10-8-15/h7-10,12-13H,6,11,20H2,1-5H3. The summed E-state index contributed by atoms with van der Waals surface area (Å²) < 4.78 is 0. The van der Waals surface area contributed by atoms with E-state index in [9.17, 15) is 0 Å². The van der Waals surface area contributed by atoms with Gasteiger partial charge < -0.3 is 5.73 Å². The highest BCUT2D eigenvalue weighted by atomic mass is 35.5. The Balaban J connectivity index is 3.23. The van der Waals surface area contributed by atoms with E-state index < -0.39 is 0 Å². The Kier molecular flexibility index (Phi) is 6.97. The molecule has 1 atom stereocenters. The van der Waals surface area contributed by atoms with E-state index in [0.29, 0.717) is 5.92 Å². The lowest BCUT2D eigenvalue weighted by atomic mass is 9.84. The fourth-order valence-corrected chi connectivity index (χ4v) is 2.62. The summed E-state index contributed by atoms with van der Waals surface area (Å²) in [6.45, 7) is 11.5. The Bertz CT molecular complexity index is 509. The molecule has 0 aliphatic carbocycles. The molecular weight excluding hydrogens is 280 g/mol. The van der Waals surface area contributed by atoms with Crippen LogP contribution >= 0.6 is 11.6 Å². The number of halogens is 1. The second kappa shape index (κ2) is 8.23. The summed E-state index contributed by atoms with van der Waals surface area (Å²) in [6, 6.07) is 7.98. The van der Waals surface area contributed by atoms with Crippen molar-refractivity contribution < 1.29 is 0 Å². The lowest BCUT2D eigenvalue weighted by Gasteiger charge is -2.23. The molecule has 0 heterocycles. The molecule has 0 radical (unpaired) electrons. The third kappa shape index (κ3) is 4.89. The molecule has 0 aliphatic heterocycles. The van der Waals surface area contributed by atoms with Gasteiger partial charge in [0.05, 0.1) is 0 Å². The first-order valence-electron chi connectivity index (χ1n) is 7.64. The van der Waals surface area contributed by atoms with Gasteiger partial charge in [0.2, 0.25) is 0 Å².